The van der Waals surface area contributed by atoms with Crippen molar-refractivity contribution in [3.63, 3.8) is 0 Å². The SMILES string of the molecule is CC[C@H](Oc1ccc2c(c1)[C@@H](c1ccc(F)cc1)N(C(=O)C(C)(C)C)CC2)C(=O)NCc1ccccc1. The molecule has 0 aliphatic carbocycles. The van der Waals surface area contributed by atoms with E-state index in [1.807, 2.05) is 81.1 Å². The second-order valence-corrected chi connectivity index (χ2v) is 10.5. The Morgan fingerprint density at radius 2 is 1.76 bits per heavy atom. The van der Waals surface area contributed by atoms with Gasteiger partial charge in [0.2, 0.25) is 5.91 Å². The van der Waals surface area contributed by atoms with Crippen LogP contribution in [0.15, 0.2) is 72.8 Å². The number of nitrogens with zero attached hydrogens (tertiary/aromatic N) is 1. The van der Waals surface area contributed by atoms with Crippen LogP contribution < -0.4 is 10.1 Å². The fourth-order valence-electron chi connectivity index (χ4n) is 4.71. The number of hydrogen-bond donors (Lipinski definition) is 1. The topological polar surface area (TPSA) is 58.6 Å². The zero-order valence-corrected chi connectivity index (χ0v) is 22.0. The molecule has 2 amide bonds. The highest BCUT2D eigenvalue weighted by Crippen LogP contribution is 2.39. The van der Waals surface area contributed by atoms with Crippen LogP contribution in [0.5, 0.6) is 5.75 Å². The van der Waals surface area contributed by atoms with Crippen molar-refractivity contribution in [2.24, 2.45) is 5.41 Å². The molecule has 37 heavy (non-hydrogen) atoms. The second-order valence-electron chi connectivity index (χ2n) is 10.5. The third kappa shape index (κ3) is 6.19. The second kappa shape index (κ2) is 11.2. The Morgan fingerprint density at radius 1 is 1.05 bits per heavy atom. The number of nitrogens with one attached hydrogen (secondary N) is 1. The quantitative estimate of drug-likeness (QED) is 0.443. The molecule has 4 rings (SSSR count). The summed E-state index contributed by atoms with van der Waals surface area (Å²) >= 11 is 0. The number of amides is 2. The molecule has 194 valence electrons. The first kappa shape index (κ1) is 26.4. The molecule has 0 saturated heterocycles. The molecule has 6 heteroatoms. The largest absolute Gasteiger partial charge is 0.481 e. The predicted molar refractivity (Wildman–Crippen MR) is 143 cm³/mol. The van der Waals surface area contributed by atoms with Gasteiger partial charge in [-0.2, -0.15) is 0 Å². The molecule has 0 bridgehead atoms. The molecule has 5 nitrogen and oxygen atoms in total. The van der Waals surface area contributed by atoms with Gasteiger partial charge in [-0.1, -0.05) is 76.2 Å². The first-order valence-corrected chi connectivity index (χ1v) is 12.8. The number of carbonyl (C=O) groups is 2. The summed E-state index contributed by atoms with van der Waals surface area (Å²) in [6, 6.07) is 21.5. The van der Waals surface area contributed by atoms with Crippen molar-refractivity contribution in [3.8, 4) is 5.75 Å². The van der Waals surface area contributed by atoms with Crippen LogP contribution in [-0.4, -0.2) is 29.4 Å². The molecule has 1 aliphatic rings. The molecule has 0 unspecified atom stereocenters. The molecule has 1 N–H and O–H groups in total. The molecule has 3 aromatic rings. The third-order valence-corrected chi connectivity index (χ3v) is 6.68. The lowest BCUT2D eigenvalue weighted by Gasteiger charge is -2.41. The van der Waals surface area contributed by atoms with Gasteiger partial charge < -0.3 is 15.0 Å². The summed E-state index contributed by atoms with van der Waals surface area (Å²) in [5, 5.41) is 2.96. The number of halogens is 1. The number of rotatable bonds is 7. The summed E-state index contributed by atoms with van der Waals surface area (Å²) in [4.78, 5) is 28.2. The first-order chi connectivity index (χ1) is 17.7. The van der Waals surface area contributed by atoms with Crippen LogP contribution in [0, 0.1) is 11.2 Å². The first-order valence-electron chi connectivity index (χ1n) is 12.8. The van der Waals surface area contributed by atoms with Crippen LogP contribution in [-0.2, 0) is 22.6 Å². The van der Waals surface area contributed by atoms with Crippen molar-refractivity contribution in [3.05, 3.63) is 101 Å². The Labute approximate surface area is 218 Å². The summed E-state index contributed by atoms with van der Waals surface area (Å²) in [6.45, 7) is 8.64. The van der Waals surface area contributed by atoms with Gasteiger partial charge in [0.05, 0.1) is 6.04 Å². The zero-order valence-electron chi connectivity index (χ0n) is 22.0. The van der Waals surface area contributed by atoms with E-state index >= 15 is 0 Å². The lowest BCUT2D eigenvalue weighted by molar-refractivity contribution is -0.141. The van der Waals surface area contributed by atoms with E-state index in [1.165, 1.54) is 12.1 Å². The van der Waals surface area contributed by atoms with Crippen LogP contribution in [0.1, 0.15) is 62.4 Å². The van der Waals surface area contributed by atoms with Crippen LogP contribution in [0.2, 0.25) is 0 Å². The molecule has 0 aromatic heterocycles. The van der Waals surface area contributed by atoms with Gasteiger partial charge in [-0.15, -0.1) is 0 Å². The lowest BCUT2D eigenvalue weighted by Crippen LogP contribution is -2.45. The summed E-state index contributed by atoms with van der Waals surface area (Å²) in [5.41, 5.74) is 3.34. The molecule has 1 aliphatic heterocycles. The van der Waals surface area contributed by atoms with Crippen LogP contribution in [0.4, 0.5) is 4.39 Å². The van der Waals surface area contributed by atoms with Gasteiger partial charge in [0.25, 0.3) is 5.91 Å². The van der Waals surface area contributed by atoms with Gasteiger partial charge in [0, 0.05) is 18.5 Å². The summed E-state index contributed by atoms with van der Waals surface area (Å²) in [7, 11) is 0. The smallest absolute Gasteiger partial charge is 0.261 e. The number of hydrogen-bond acceptors (Lipinski definition) is 3. The van der Waals surface area contributed by atoms with E-state index < -0.39 is 11.5 Å². The van der Waals surface area contributed by atoms with Gasteiger partial charge in [-0.05, 0) is 59.4 Å². The van der Waals surface area contributed by atoms with Crippen molar-refractivity contribution < 1.29 is 18.7 Å². The van der Waals surface area contributed by atoms with E-state index in [-0.39, 0.29) is 23.7 Å². The number of fused-ring (bicyclic) bond motifs is 1. The Bertz CT molecular complexity index is 1240. The lowest BCUT2D eigenvalue weighted by atomic mass is 9.85. The molecule has 2 atom stereocenters. The average Bonchev–Trinajstić information content (AvgIpc) is 2.89. The fraction of sp³-hybridized carbons (Fsp3) is 0.355. The molecule has 0 saturated carbocycles. The van der Waals surface area contributed by atoms with Gasteiger partial charge in [-0.25, -0.2) is 4.39 Å². The number of carbonyl (C=O) groups excluding carboxylic acids is 2. The van der Waals surface area contributed by atoms with E-state index in [4.69, 9.17) is 4.74 Å². The van der Waals surface area contributed by atoms with Gasteiger partial charge >= 0.3 is 0 Å². The maximum atomic E-state index is 13.7. The minimum absolute atomic E-state index is 0.0329. The molecule has 3 aromatic carbocycles. The van der Waals surface area contributed by atoms with E-state index in [2.05, 4.69) is 5.32 Å². The van der Waals surface area contributed by atoms with Crippen LogP contribution in [0.25, 0.3) is 0 Å². The van der Waals surface area contributed by atoms with E-state index in [0.717, 1.165) is 22.3 Å². The van der Waals surface area contributed by atoms with Gasteiger partial charge in [0.1, 0.15) is 11.6 Å². The number of benzene rings is 3. The van der Waals surface area contributed by atoms with Crippen molar-refractivity contribution >= 4 is 11.8 Å². The predicted octanol–water partition coefficient (Wildman–Crippen LogP) is 5.82. The summed E-state index contributed by atoms with van der Waals surface area (Å²) in [6.07, 6.45) is 0.569. The number of ether oxygens (including phenoxy) is 1. The van der Waals surface area contributed by atoms with E-state index in [0.29, 0.717) is 31.7 Å². The fourth-order valence-corrected chi connectivity index (χ4v) is 4.71. The summed E-state index contributed by atoms with van der Waals surface area (Å²) in [5.74, 6) is 0.102. The summed E-state index contributed by atoms with van der Waals surface area (Å²) < 4.78 is 19.9. The average molecular weight is 503 g/mol. The highest BCUT2D eigenvalue weighted by atomic mass is 19.1. The molecule has 0 fully saturated rings. The van der Waals surface area contributed by atoms with Gasteiger partial charge in [0.15, 0.2) is 6.10 Å². The minimum Gasteiger partial charge on any atom is -0.481 e. The van der Waals surface area contributed by atoms with Crippen molar-refractivity contribution in [1.29, 1.82) is 0 Å². The highest BCUT2D eigenvalue weighted by Gasteiger charge is 2.37. The minimum atomic E-state index is -0.651. The Morgan fingerprint density at radius 3 is 2.41 bits per heavy atom. The van der Waals surface area contributed by atoms with E-state index in [1.54, 1.807) is 12.1 Å². The van der Waals surface area contributed by atoms with Crippen LogP contribution >= 0.6 is 0 Å². The highest BCUT2D eigenvalue weighted by molar-refractivity contribution is 5.83. The molecular weight excluding hydrogens is 467 g/mol. The third-order valence-electron chi connectivity index (χ3n) is 6.68. The Hall–Kier alpha value is -3.67. The zero-order chi connectivity index (χ0) is 26.6. The normalized spacial score (nSPS) is 16.0. The Kier molecular flexibility index (Phi) is 7.96. The monoisotopic (exact) mass is 502 g/mol. The Balaban J connectivity index is 1.61. The molecule has 0 spiro atoms. The molecule has 0 radical (unpaired) electrons. The maximum absolute atomic E-state index is 13.7. The van der Waals surface area contributed by atoms with Crippen molar-refractivity contribution in [2.75, 3.05) is 6.54 Å². The molecular formula is C31H35FN2O3. The van der Waals surface area contributed by atoms with Crippen molar-refractivity contribution in [1.82, 2.24) is 10.2 Å². The van der Waals surface area contributed by atoms with Crippen molar-refractivity contribution in [2.45, 2.75) is 59.2 Å². The van der Waals surface area contributed by atoms with Crippen LogP contribution in [0.3, 0.4) is 0 Å². The maximum Gasteiger partial charge on any atom is 0.261 e. The standard InChI is InChI=1S/C31H35FN2O3/c1-5-27(29(35)33-20-21-9-7-6-8-10-21)37-25-16-13-22-17-18-34(30(36)31(2,3)4)28(26(22)19-25)23-11-14-24(32)15-12-23/h6-16,19,27-28H,5,17-18,20H2,1-4H3,(H,33,35)/t27-,28+/m0/s1. The van der Waals surface area contributed by atoms with Gasteiger partial charge in [-0.3, -0.25) is 9.59 Å². The molecule has 1 heterocycles. The van der Waals surface area contributed by atoms with E-state index in [9.17, 15) is 14.0 Å².